The Kier molecular flexibility index (Phi) is 3.96. The van der Waals surface area contributed by atoms with E-state index in [0.717, 1.165) is 39.7 Å². The average Bonchev–Trinajstić information content (AvgIpc) is 3.27. The summed E-state index contributed by atoms with van der Waals surface area (Å²) in [6, 6.07) is 25.3. The molecular formula is C26H22N4O. The molecule has 3 aromatic carbocycles. The Morgan fingerprint density at radius 3 is 2.26 bits per heavy atom. The van der Waals surface area contributed by atoms with Crippen LogP contribution in [0.15, 0.2) is 84.7 Å². The van der Waals surface area contributed by atoms with Crippen LogP contribution in [-0.2, 0) is 0 Å². The molecule has 4 aromatic rings. The summed E-state index contributed by atoms with van der Waals surface area (Å²) in [5, 5.41) is 8.13. The Hall–Kier alpha value is -3.86. The zero-order chi connectivity index (χ0) is 20.9. The molecule has 5 heteroatoms. The highest BCUT2D eigenvalue weighted by Crippen LogP contribution is 2.50. The Morgan fingerprint density at radius 2 is 1.52 bits per heavy atom. The van der Waals surface area contributed by atoms with E-state index in [9.17, 15) is 0 Å². The molecule has 1 N–H and O–H groups in total. The van der Waals surface area contributed by atoms with Crippen LogP contribution < -0.4 is 10.1 Å². The van der Waals surface area contributed by atoms with E-state index < -0.39 is 0 Å². The Labute approximate surface area is 181 Å². The lowest BCUT2D eigenvalue weighted by molar-refractivity contribution is 0.223. The number of fused-ring (bicyclic) bond motifs is 3. The van der Waals surface area contributed by atoms with Gasteiger partial charge in [0.15, 0.2) is 0 Å². The van der Waals surface area contributed by atoms with E-state index in [-0.39, 0.29) is 12.1 Å². The second kappa shape index (κ2) is 6.84. The van der Waals surface area contributed by atoms with Crippen LogP contribution in [0.25, 0.3) is 5.70 Å². The van der Waals surface area contributed by atoms with E-state index in [1.807, 2.05) is 22.9 Å². The normalized spacial score (nSPS) is 19.0. The van der Waals surface area contributed by atoms with Crippen molar-refractivity contribution in [1.29, 1.82) is 0 Å². The van der Waals surface area contributed by atoms with Crippen molar-refractivity contribution >= 4 is 11.6 Å². The van der Waals surface area contributed by atoms with Gasteiger partial charge in [-0.2, -0.15) is 10.1 Å². The van der Waals surface area contributed by atoms with Gasteiger partial charge in [0.05, 0.1) is 5.70 Å². The molecular weight excluding hydrogens is 384 g/mol. The molecule has 2 aliphatic heterocycles. The number of hydrogen-bond acceptors (Lipinski definition) is 4. The van der Waals surface area contributed by atoms with Gasteiger partial charge in [-0.1, -0.05) is 71.8 Å². The summed E-state index contributed by atoms with van der Waals surface area (Å²) in [7, 11) is 0. The van der Waals surface area contributed by atoms with E-state index in [1.165, 1.54) is 11.1 Å². The molecule has 152 valence electrons. The van der Waals surface area contributed by atoms with Crippen molar-refractivity contribution in [3.8, 4) is 5.75 Å². The molecule has 1 aromatic heterocycles. The topological polar surface area (TPSA) is 52.0 Å². The fourth-order valence-electron chi connectivity index (χ4n) is 4.50. The first-order chi connectivity index (χ1) is 15.2. The predicted octanol–water partition coefficient (Wildman–Crippen LogP) is 5.45. The lowest BCUT2D eigenvalue weighted by Gasteiger charge is -2.39. The van der Waals surface area contributed by atoms with Crippen LogP contribution >= 0.6 is 0 Å². The van der Waals surface area contributed by atoms with E-state index in [2.05, 4.69) is 83.8 Å². The summed E-state index contributed by atoms with van der Waals surface area (Å²) in [6.07, 6.45) is 1.37. The van der Waals surface area contributed by atoms with Crippen molar-refractivity contribution in [1.82, 2.24) is 14.8 Å². The van der Waals surface area contributed by atoms with Gasteiger partial charge < -0.3 is 10.1 Å². The number of nitrogens with zero attached hydrogens (tertiary/aromatic N) is 3. The molecule has 2 atom stereocenters. The van der Waals surface area contributed by atoms with Crippen molar-refractivity contribution in [2.24, 2.45) is 0 Å². The first-order valence-electron chi connectivity index (χ1n) is 10.5. The molecule has 5 nitrogen and oxygen atoms in total. The second-order valence-electron chi connectivity index (χ2n) is 8.20. The number of hydrogen-bond donors (Lipinski definition) is 1. The maximum absolute atomic E-state index is 6.64. The minimum absolute atomic E-state index is 0.117. The number of aromatic nitrogens is 3. The molecule has 2 aliphatic rings. The molecule has 31 heavy (non-hydrogen) atoms. The zero-order valence-electron chi connectivity index (χ0n) is 17.4. The lowest BCUT2D eigenvalue weighted by atomic mass is 9.84. The highest BCUT2D eigenvalue weighted by molar-refractivity contribution is 5.85. The molecule has 0 spiro atoms. The van der Waals surface area contributed by atoms with Gasteiger partial charge in [0.1, 0.15) is 24.2 Å². The number of ether oxygens (including phenoxy) is 1. The van der Waals surface area contributed by atoms with Crippen molar-refractivity contribution in [3.05, 3.63) is 113 Å². The van der Waals surface area contributed by atoms with Gasteiger partial charge in [-0.15, -0.1) is 0 Å². The molecule has 0 saturated heterocycles. The first kappa shape index (κ1) is 18.0. The summed E-state index contributed by atoms with van der Waals surface area (Å²) < 4.78 is 8.60. The highest BCUT2D eigenvalue weighted by atomic mass is 16.5. The van der Waals surface area contributed by atoms with Crippen molar-refractivity contribution in [2.45, 2.75) is 26.0 Å². The molecule has 0 amide bonds. The number of aryl methyl sites for hydroxylation is 2. The van der Waals surface area contributed by atoms with Crippen molar-refractivity contribution in [2.75, 3.05) is 5.32 Å². The Morgan fingerprint density at radius 1 is 0.839 bits per heavy atom. The van der Waals surface area contributed by atoms with Crippen LogP contribution in [0.3, 0.4) is 0 Å². The van der Waals surface area contributed by atoms with Gasteiger partial charge in [0.2, 0.25) is 5.95 Å². The van der Waals surface area contributed by atoms with Crippen molar-refractivity contribution < 1.29 is 4.74 Å². The summed E-state index contributed by atoms with van der Waals surface area (Å²) >= 11 is 0. The third kappa shape index (κ3) is 2.85. The molecule has 0 saturated carbocycles. The third-order valence-electron chi connectivity index (χ3n) is 6.09. The predicted molar refractivity (Wildman–Crippen MR) is 121 cm³/mol. The second-order valence-corrected chi connectivity index (χ2v) is 8.20. The minimum atomic E-state index is -0.235. The Balaban J connectivity index is 1.62. The van der Waals surface area contributed by atoms with Gasteiger partial charge >= 0.3 is 0 Å². The fourth-order valence-corrected chi connectivity index (χ4v) is 4.50. The van der Waals surface area contributed by atoms with E-state index >= 15 is 0 Å². The largest absolute Gasteiger partial charge is 0.480 e. The van der Waals surface area contributed by atoms with Crippen LogP contribution in [0.1, 0.15) is 40.0 Å². The summed E-state index contributed by atoms with van der Waals surface area (Å²) in [4.78, 5) is 4.49. The van der Waals surface area contributed by atoms with Gasteiger partial charge in [0.25, 0.3) is 0 Å². The van der Waals surface area contributed by atoms with Gasteiger partial charge in [-0.25, -0.2) is 4.68 Å². The number of anilines is 1. The first-order valence-corrected chi connectivity index (χ1v) is 10.5. The summed E-state index contributed by atoms with van der Waals surface area (Å²) in [5.74, 6) is 1.61. The number of benzene rings is 3. The van der Waals surface area contributed by atoms with Crippen molar-refractivity contribution in [3.63, 3.8) is 0 Å². The zero-order valence-corrected chi connectivity index (χ0v) is 17.4. The van der Waals surface area contributed by atoms with E-state index in [1.54, 1.807) is 6.33 Å². The number of nitrogens with one attached hydrogen (secondary N) is 1. The van der Waals surface area contributed by atoms with Crippen LogP contribution in [0.2, 0.25) is 0 Å². The van der Waals surface area contributed by atoms with Gasteiger partial charge in [0, 0.05) is 11.1 Å². The minimum Gasteiger partial charge on any atom is -0.480 e. The van der Waals surface area contributed by atoms with Gasteiger partial charge in [-0.3, -0.25) is 0 Å². The highest BCUT2D eigenvalue weighted by Gasteiger charge is 2.40. The molecule has 0 bridgehead atoms. The number of para-hydroxylation sites is 1. The molecule has 3 heterocycles. The average molecular weight is 406 g/mol. The Bertz CT molecular complexity index is 1300. The molecule has 0 fully saturated rings. The molecule has 0 unspecified atom stereocenters. The maximum atomic E-state index is 6.64. The van der Waals surface area contributed by atoms with Crippen LogP contribution in [-0.4, -0.2) is 14.8 Å². The lowest BCUT2D eigenvalue weighted by Crippen LogP contribution is -2.32. The smallest absolute Gasteiger partial charge is 0.226 e. The van der Waals surface area contributed by atoms with E-state index in [4.69, 9.17) is 4.74 Å². The molecule has 0 radical (unpaired) electrons. The molecule has 6 rings (SSSR count). The van der Waals surface area contributed by atoms with Crippen LogP contribution in [0, 0.1) is 13.8 Å². The summed E-state index contributed by atoms with van der Waals surface area (Å²) in [6.45, 7) is 4.21. The monoisotopic (exact) mass is 406 g/mol. The quantitative estimate of drug-likeness (QED) is 0.481. The molecule has 0 aliphatic carbocycles. The van der Waals surface area contributed by atoms with Gasteiger partial charge in [-0.05, 0) is 37.1 Å². The van der Waals surface area contributed by atoms with Crippen LogP contribution in [0.5, 0.6) is 5.75 Å². The van der Waals surface area contributed by atoms with E-state index in [0.29, 0.717) is 0 Å². The van der Waals surface area contributed by atoms with Crippen LogP contribution in [0.4, 0.5) is 5.95 Å². The maximum Gasteiger partial charge on any atom is 0.226 e. The standard InChI is InChI=1S/C26H22N4O/c1-16-7-11-18(12-8-16)24-22-23(29-26-27-15-28-30(24)26)20-5-3-4-6-21(20)31-25(22)19-13-9-17(2)10-14-19/h3-15,24-25H,1-2H3,(H,27,28,29)/t24-,25+/m0/s1. The fraction of sp³-hybridized carbons (Fsp3) is 0.154. The number of rotatable bonds is 2. The summed E-state index contributed by atoms with van der Waals surface area (Å²) in [5.41, 5.74) is 7.98. The SMILES string of the molecule is Cc1ccc([C@H]2C3=C(Nc4ncnn42)c2ccccc2O[C@@H]3c2ccc(C)cc2)cc1. The third-order valence-corrected chi connectivity index (χ3v) is 6.09.